The van der Waals surface area contributed by atoms with Crippen LogP contribution in [0.2, 0.25) is 0 Å². The molecule has 0 unspecified atom stereocenters. The van der Waals surface area contributed by atoms with Crippen molar-refractivity contribution in [3.05, 3.63) is 24.5 Å². The third kappa shape index (κ3) is 4.39. The van der Waals surface area contributed by atoms with Gasteiger partial charge in [-0.1, -0.05) is 11.8 Å². The molecule has 1 N–H and O–H groups in total. The molecule has 3 heterocycles. The molecular weight excluding hydrogens is 396 g/mol. The number of carbonyl (C=O) groups excluding carboxylic acids is 2. The lowest BCUT2D eigenvalue weighted by molar-refractivity contribution is -0.121. The number of fused-ring (bicyclic) bond motifs is 1. The summed E-state index contributed by atoms with van der Waals surface area (Å²) in [5.74, 6) is 1.82. The summed E-state index contributed by atoms with van der Waals surface area (Å²) in [6.07, 6.45) is 1.63. The van der Waals surface area contributed by atoms with Gasteiger partial charge in [0.1, 0.15) is 26.1 Å². The van der Waals surface area contributed by atoms with Crippen LogP contribution in [0.25, 0.3) is 0 Å². The van der Waals surface area contributed by atoms with E-state index in [1.807, 2.05) is 17.7 Å². The van der Waals surface area contributed by atoms with E-state index in [-0.39, 0.29) is 18.5 Å². The highest BCUT2D eigenvalue weighted by Crippen LogP contribution is 2.34. The molecular formula is C18H22N6O4S. The SMILES string of the molecule is Cn1cnnc1SCCNC(=O)CN1CCN(c2ccc3c(c2)OCCO3)C1=O. The number of benzene rings is 1. The van der Waals surface area contributed by atoms with Gasteiger partial charge >= 0.3 is 6.03 Å². The van der Waals surface area contributed by atoms with Crippen molar-refractivity contribution in [2.75, 3.05) is 50.0 Å². The molecule has 0 saturated carbocycles. The topological polar surface area (TPSA) is 102 Å². The third-order valence-electron chi connectivity index (χ3n) is 4.59. The first kappa shape index (κ1) is 19.4. The Balaban J connectivity index is 1.25. The molecule has 11 heteroatoms. The van der Waals surface area contributed by atoms with Gasteiger partial charge in [-0.25, -0.2) is 4.79 Å². The van der Waals surface area contributed by atoms with Crippen LogP contribution in [0.5, 0.6) is 11.5 Å². The van der Waals surface area contributed by atoms with Crippen molar-refractivity contribution in [2.24, 2.45) is 7.05 Å². The Bertz CT molecular complexity index is 904. The van der Waals surface area contributed by atoms with Crippen LogP contribution in [-0.4, -0.2) is 76.7 Å². The van der Waals surface area contributed by atoms with Crippen molar-refractivity contribution in [1.29, 1.82) is 0 Å². The lowest BCUT2D eigenvalue weighted by atomic mass is 10.2. The number of anilines is 1. The van der Waals surface area contributed by atoms with Crippen LogP contribution >= 0.6 is 11.8 Å². The molecule has 1 saturated heterocycles. The van der Waals surface area contributed by atoms with Gasteiger partial charge in [-0.05, 0) is 12.1 Å². The number of ether oxygens (including phenoxy) is 2. The molecule has 0 radical (unpaired) electrons. The number of carbonyl (C=O) groups is 2. The number of aryl methyl sites for hydroxylation is 1. The lowest BCUT2D eigenvalue weighted by Gasteiger charge is -2.22. The van der Waals surface area contributed by atoms with E-state index in [1.54, 1.807) is 28.3 Å². The second-order valence-electron chi connectivity index (χ2n) is 6.61. The number of aromatic nitrogens is 3. The molecule has 29 heavy (non-hydrogen) atoms. The van der Waals surface area contributed by atoms with E-state index in [0.717, 1.165) is 10.8 Å². The van der Waals surface area contributed by atoms with Crippen molar-refractivity contribution < 1.29 is 19.1 Å². The molecule has 154 valence electrons. The van der Waals surface area contributed by atoms with Crippen LogP contribution in [0, 0.1) is 0 Å². The Morgan fingerprint density at radius 1 is 1.24 bits per heavy atom. The Hall–Kier alpha value is -2.95. The van der Waals surface area contributed by atoms with E-state index in [1.165, 1.54) is 11.8 Å². The quantitative estimate of drug-likeness (QED) is 0.523. The van der Waals surface area contributed by atoms with E-state index < -0.39 is 0 Å². The average molecular weight is 418 g/mol. The van der Waals surface area contributed by atoms with Crippen LogP contribution in [0.1, 0.15) is 0 Å². The lowest BCUT2D eigenvalue weighted by Crippen LogP contribution is -2.40. The van der Waals surface area contributed by atoms with Gasteiger partial charge < -0.3 is 24.3 Å². The van der Waals surface area contributed by atoms with Crippen LogP contribution in [-0.2, 0) is 11.8 Å². The summed E-state index contributed by atoms with van der Waals surface area (Å²) < 4.78 is 12.9. The molecule has 1 fully saturated rings. The predicted molar refractivity (Wildman–Crippen MR) is 106 cm³/mol. The van der Waals surface area contributed by atoms with Crippen molar-refractivity contribution in [2.45, 2.75) is 5.16 Å². The highest BCUT2D eigenvalue weighted by atomic mass is 32.2. The smallest absolute Gasteiger partial charge is 0.325 e. The van der Waals surface area contributed by atoms with Gasteiger partial charge in [0.25, 0.3) is 0 Å². The van der Waals surface area contributed by atoms with E-state index >= 15 is 0 Å². The molecule has 1 aromatic heterocycles. The maximum Gasteiger partial charge on any atom is 0.325 e. The normalized spacial score (nSPS) is 15.7. The summed E-state index contributed by atoms with van der Waals surface area (Å²) >= 11 is 1.51. The second kappa shape index (κ2) is 8.60. The van der Waals surface area contributed by atoms with Crippen LogP contribution in [0.4, 0.5) is 10.5 Å². The van der Waals surface area contributed by atoms with Gasteiger partial charge in [0.15, 0.2) is 16.7 Å². The fourth-order valence-electron chi connectivity index (χ4n) is 3.13. The molecule has 10 nitrogen and oxygen atoms in total. The molecule has 0 bridgehead atoms. The highest BCUT2D eigenvalue weighted by molar-refractivity contribution is 7.99. The molecule has 0 atom stereocenters. The van der Waals surface area contributed by atoms with Gasteiger partial charge in [-0.15, -0.1) is 10.2 Å². The van der Waals surface area contributed by atoms with Crippen molar-refractivity contribution in [3.63, 3.8) is 0 Å². The number of rotatable bonds is 7. The van der Waals surface area contributed by atoms with Crippen molar-refractivity contribution >= 4 is 29.4 Å². The predicted octanol–water partition coefficient (Wildman–Crippen LogP) is 0.737. The summed E-state index contributed by atoms with van der Waals surface area (Å²) in [7, 11) is 1.87. The minimum absolute atomic E-state index is 0.0362. The first-order valence-electron chi connectivity index (χ1n) is 9.31. The van der Waals surface area contributed by atoms with Crippen LogP contribution < -0.4 is 19.7 Å². The van der Waals surface area contributed by atoms with Gasteiger partial charge in [-0.2, -0.15) is 0 Å². The second-order valence-corrected chi connectivity index (χ2v) is 7.67. The summed E-state index contributed by atoms with van der Waals surface area (Å²) in [5, 5.41) is 11.4. The van der Waals surface area contributed by atoms with Gasteiger partial charge in [0, 0.05) is 44.2 Å². The first-order valence-corrected chi connectivity index (χ1v) is 10.3. The number of hydrogen-bond donors (Lipinski definition) is 1. The Morgan fingerprint density at radius 2 is 2.07 bits per heavy atom. The van der Waals surface area contributed by atoms with E-state index in [4.69, 9.17) is 9.47 Å². The fraction of sp³-hybridized carbons (Fsp3) is 0.444. The van der Waals surface area contributed by atoms with Crippen molar-refractivity contribution in [3.8, 4) is 11.5 Å². The summed E-state index contributed by atoms with van der Waals surface area (Å²) in [5.41, 5.74) is 0.738. The fourth-order valence-corrected chi connectivity index (χ4v) is 3.88. The monoisotopic (exact) mass is 418 g/mol. The molecule has 3 amide bonds. The molecule has 0 aliphatic carbocycles. The van der Waals surface area contributed by atoms with Crippen molar-refractivity contribution in [1.82, 2.24) is 25.0 Å². The molecule has 1 aromatic carbocycles. The Kier molecular flexibility index (Phi) is 5.74. The number of thioether (sulfide) groups is 1. The minimum atomic E-state index is -0.190. The zero-order valence-electron chi connectivity index (χ0n) is 16.0. The molecule has 2 aliphatic heterocycles. The Morgan fingerprint density at radius 3 is 2.86 bits per heavy atom. The number of hydrogen-bond acceptors (Lipinski definition) is 7. The van der Waals surface area contributed by atoms with Crippen LogP contribution in [0.3, 0.4) is 0 Å². The molecule has 2 aromatic rings. The maximum absolute atomic E-state index is 12.7. The number of amides is 3. The first-order chi connectivity index (χ1) is 14.1. The number of nitrogens with zero attached hydrogens (tertiary/aromatic N) is 5. The average Bonchev–Trinajstić information content (AvgIpc) is 3.30. The van der Waals surface area contributed by atoms with E-state index in [9.17, 15) is 9.59 Å². The summed E-state index contributed by atoms with van der Waals surface area (Å²) in [6, 6.07) is 5.25. The summed E-state index contributed by atoms with van der Waals surface area (Å²) in [6.45, 7) is 2.56. The van der Waals surface area contributed by atoms with E-state index in [0.29, 0.717) is 50.1 Å². The van der Waals surface area contributed by atoms with E-state index in [2.05, 4.69) is 15.5 Å². The minimum Gasteiger partial charge on any atom is -0.486 e. The standard InChI is InChI=1S/C18H22N6O4S/c1-22-12-20-21-17(22)29-9-4-19-16(25)11-23-5-6-24(18(23)26)13-2-3-14-15(10-13)28-8-7-27-14/h2-3,10,12H,4-9,11H2,1H3,(H,19,25). The molecule has 4 rings (SSSR count). The Labute approximate surface area is 172 Å². The van der Waals surface area contributed by atoms with Gasteiger partial charge in [0.05, 0.1) is 0 Å². The molecule has 2 aliphatic rings. The van der Waals surface area contributed by atoms with Gasteiger partial charge in [-0.3, -0.25) is 9.69 Å². The zero-order chi connectivity index (χ0) is 20.2. The maximum atomic E-state index is 12.7. The largest absolute Gasteiger partial charge is 0.486 e. The molecule has 0 spiro atoms. The highest BCUT2D eigenvalue weighted by Gasteiger charge is 2.31. The summed E-state index contributed by atoms with van der Waals surface area (Å²) in [4.78, 5) is 28.1. The number of urea groups is 1. The number of nitrogens with one attached hydrogen (secondary N) is 1. The zero-order valence-corrected chi connectivity index (χ0v) is 16.9. The van der Waals surface area contributed by atoms with Crippen LogP contribution in [0.15, 0.2) is 29.7 Å². The third-order valence-corrected chi connectivity index (χ3v) is 5.63. The van der Waals surface area contributed by atoms with Gasteiger partial charge in [0.2, 0.25) is 5.91 Å².